The zero-order valence-electron chi connectivity index (χ0n) is 10.5. The number of quaternary nitrogens is 1. The molecule has 0 unspecified atom stereocenters. The predicted octanol–water partition coefficient (Wildman–Crippen LogP) is 2.13. The van der Waals surface area contributed by atoms with Crippen LogP contribution < -0.4 is 10.1 Å². The van der Waals surface area contributed by atoms with E-state index in [1.165, 1.54) is 31.5 Å². The topological polar surface area (TPSA) is 25.8 Å². The SMILES string of the molecule is CCCC[NH2+]CCCOc1cccc(C)c1. The van der Waals surface area contributed by atoms with E-state index in [0.29, 0.717) is 0 Å². The van der Waals surface area contributed by atoms with Gasteiger partial charge in [-0.25, -0.2) is 0 Å². The second-order valence-electron chi connectivity index (χ2n) is 4.24. The normalized spacial score (nSPS) is 10.4. The molecule has 0 bridgehead atoms. The van der Waals surface area contributed by atoms with E-state index in [1.54, 1.807) is 0 Å². The number of hydrogen-bond acceptors (Lipinski definition) is 1. The molecule has 0 aliphatic carbocycles. The van der Waals surface area contributed by atoms with Gasteiger partial charge >= 0.3 is 0 Å². The van der Waals surface area contributed by atoms with Gasteiger partial charge in [0.25, 0.3) is 0 Å². The summed E-state index contributed by atoms with van der Waals surface area (Å²) in [5, 5.41) is 2.38. The molecule has 2 nitrogen and oxygen atoms in total. The first kappa shape index (κ1) is 13.0. The third kappa shape index (κ3) is 5.76. The van der Waals surface area contributed by atoms with Gasteiger partial charge < -0.3 is 10.1 Å². The highest BCUT2D eigenvalue weighted by atomic mass is 16.5. The van der Waals surface area contributed by atoms with Crippen LogP contribution in [0, 0.1) is 6.92 Å². The Balaban J connectivity index is 2.03. The van der Waals surface area contributed by atoms with Crippen molar-refractivity contribution in [2.45, 2.75) is 33.1 Å². The quantitative estimate of drug-likeness (QED) is 0.670. The molecule has 1 aromatic rings. The van der Waals surface area contributed by atoms with Gasteiger partial charge in [-0.15, -0.1) is 0 Å². The average Bonchev–Trinajstić information content (AvgIpc) is 2.28. The molecule has 1 aromatic carbocycles. The lowest BCUT2D eigenvalue weighted by molar-refractivity contribution is -0.655. The standard InChI is InChI=1S/C14H23NO/c1-3-4-9-15-10-6-11-16-14-8-5-7-13(2)12-14/h5,7-8,12,15H,3-4,6,9-11H2,1-2H3/p+1. The van der Waals surface area contributed by atoms with Gasteiger partial charge in [-0.2, -0.15) is 0 Å². The molecular formula is C14H24NO+. The molecule has 0 aromatic heterocycles. The van der Waals surface area contributed by atoms with Crippen molar-refractivity contribution in [1.29, 1.82) is 0 Å². The Bertz CT molecular complexity index is 286. The first-order valence-corrected chi connectivity index (χ1v) is 6.34. The van der Waals surface area contributed by atoms with Crippen LogP contribution in [-0.2, 0) is 0 Å². The fourth-order valence-corrected chi connectivity index (χ4v) is 1.62. The van der Waals surface area contributed by atoms with Crippen LogP contribution in [0.25, 0.3) is 0 Å². The van der Waals surface area contributed by atoms with Crippen molar-refractivity contribution in [1.82, 2.24) is 0 Å². The number of unbranched alkanes of at least 4 members (excludes halogenated alkanes) is 1. The lowest BCUT2D eigenvalue weighted by atomic mass is 10.2. The maximum atomic E-state index is 5.67. The number of benzene rings is 1. The van der Waals surface area contributed by atoms with Crippen molar-refractivity contribution >= 4 is 0 Å². The molecule has 0 radical (unpaired) electrons. The van der Waals surface area contributed by atoms with Gasteiger partial charge in [0.1, 0.15) is 5.75 Å². The number of ether oxygens (including phenoxy) is 1. The summed E-state index contributed by atoms with van der Waals surface area (Å²) in [6, 6.07) is 8.23. The first-order valence-electron chi connectivity index (χ1n) is 6.34. The summed E-state index contributed by atoms with van der Waals surface area (Å²) in [5.41, 5.74) is 1.26. The minimum absolute atomic E-state index is 0.825. The smallest absolute Gasteiger partial charge is 0.119 e. The molecule has 0 fully saturated rings. The molecular weight excluding hydrogens is 198 g/mol. The minimum atomic E-state index is 0.825. The third-order valence-corrected chi connectivity index (χ3v) is 2.57. The minimum Gasteiger partial charge on any atom is -0.493 e. The number of rotatable bonds is 8. The van der Waals surface area contributed by atoms with E-state index in [4.69, 9.17) is 4.74 Å². The van der Waals surface area contributed by atoms with Crippen molar-refractivity contribution < 1.29 is 10.1 Å². The highest BCUT2D eigenvalue weighted by Crippen LogP contribution is 2.12. The second kappa shape index (κ2) is 8.17. The Morgan fingerprint density at radius 1 is 1.19 bits per heavy atom. The summed E-state index contributed by atoms with van der Waals surface area (Å²) >= 11 is 0. The van der Waals surface area contributed by atoms with Gasteiger partial charge in [-0.1, -0.05) is 25.5 Å². The highest BCUT2D eigenvalue weighted by molar-refractivity contribution is 5.27. The van der Waals surface area contributed by atoms with Crippen molar-refractivity contribution in [2.75, 3.05) is 19.7 Å². The molecule has 0 heterocycles. The molecule has 1 rings (SSSR count). The first-order chi connectivity index (χ1) is 7.83. The van der Waals surface area contributed by atoms with Gasteiger partial charge in [0.15, 0.2) is 0 Å². The lowest BCUT2D eigenvalue weighted by Crippen LogP contribution is -2.84. The van der Waals surface area contributed by atoms with Crippen LogP contribution in [0.2, 0.25) is 0 Å². The third-order valence-electron chi connectivity index (χ3n) is 2.57. The van der Waals surface area contributed by atoms with Gasteiger partial charge in [-0.3, -0.25) is 0 Å². The fraction of sp³-hybridized carbons (Fsp3) is 0.571. The van der Waals surface area contributed by atoms with Gasteiger partial charge in [0.2, 0.25) is 0 Å². The Kier molecular flexibility index (Phi) is 6.66. The van der Waals surface area contributed by atoms with Crippen LogP contribution in [0.3, 0.4) is 0 Å². The van der Waals surface area contributed by atoms with Crippen LogP contribution >= 0.6 is 0 Å². The van der Waals surface area contributed by atoms with E-state index in [2.05, 4.69) is 31.3 Å². The Morgan fingerprint density at radius 2 is 2.00 bits per heavy atom. The summed E-state index contributed by atoms with van der Waals surface area (Å²) in [4.78, 5) is 0. The largest absolute Gasteiger partial charge is 0.493 e. The molecule has 16 heavy (non-hydrogen) atoms. The zero-order valence-corrected chi connectivity index (χ0v) is 10.5. The molecule has 0 aliphatic rings. The highest BCUT2D eigenvalue weighted by Gasteiger charge is 1.95. The summed E-state index contributed by atoms with van der Waals surface area (Å²) in [6.45, 7) is 7.57. The average molecular weight is 222 g/mol. The van der Waals surface area contributed by atoms with E-state index in [1.807, 2.05) is 12.1 Å². The molecule has 2 heteroatoms. The van der Waals surface area contributed by atoms with Gasteiger partial charge in [0, 0.05) is 6.42 Å². The summed E-state index contributed by atoms with van der Waals surface area (Å²) in [7, 11) is 0. The van der Waals surface area contributed by atoms with Gasteiger partial charge in [-0.05, 0) is 31.0 Å². The van der Waals surface area contributed by atoms with Crippen molar-refractivity contribution in [3.63, 3.8) is 0 Å². The van der Waals surface area contributed by atoms with Crippen LogP contribution in [0.4, 0.5) is 0 Å². The summed E-state index contributed by atoms with van der Waals surface area (Å²) < 4.78 is 5.67. The summed E-state index contributed by atoms with van der Waals surface area (Å²) in [5.74, 6) is 0.994. The van der Waals surface area contributed by atoms with Crippen LogP contribution in [0.5, 0.6) is 5.75 Å². The van der Waals surface area contributed by atoms with Crippen LogP contribution in [0.15, 0.2) is 24.3 Å². The van der Waals surface area contributed by atoms with Crippen molar-refractivity contribution in [3.8, 4) is 5.75 Å². The maximum Gasteiger partial charge on any atom is 0.119 e. The van der Waals surface area contributed by atoms with Crippen LogP contribution in [-0.4, -0.2) is 19.7 Å². The number of aryl methyl sites for hydroxylation is 1. The van der Waals surface area contributed by atoms with E-state index < -0.39 is 0 Å². The number of hydrogen-bond donors (Lipinski definition) is 1. The molecule has 0 atom stereocenters. The van der Waals surface area contributed by atoms with Gasteiger partial charge in [0.05, 0.1) is 19.7 Å². The molecule has 0 aliphatic heterocycles. The Morgan fingerprint density at radius 3 is 2.75 bits per heavy atom. The molecule has 0 spiro atoms. The maximum absolute atomic E-state index is 5.67. The number of nitrogens with two attached hydrogens (primary N) is 1. The van der Waals surface area contributed by atoms with Crippen molar-refractivity contribution in [2.24, 2.45) is 0 Å². The molecule has 0 saturated heterocycles. The monoisotopic (exact) mass is 222 g/mol. The molecule has 0 amide bonds. The molecule has 90 valence electrons. The van der Waals surface area contributed by atoms with Crippen molar-refractivity contribution in [3.05, 3.63) is 29.8 Å². The lowest BCUT2D eigenvalue weighted by Gasteiger charge is -2.06. The Labute approximate surface area is 99.0 Å². The zero-order chi connectivity index (χ0) is 11.6. The van der Waals surface area contributed by atoms with E-state index in [9.17, 15) is 0 Å². The van der Waals surface area contributed by atoms with E-state index in [0.717, 1.165) is 18.8 Å². The predicted molar refractivity (Wildman–Crippen MR) is 67.9 cm³/mol. The molecule has 0 saturated carbocycles. The van der Waals surface area contributed by atoms with Crippen LogP contribution in [0.1, 0.15) is 31.7 Å². The summed E-state index contributed by atoms with van der Waals surface area (Å²) in [6.07, 6.45) is 3.73. The van der Waals surface area contributed by atoms with E-state index >= 15 is 0 Å². The molecule has 2 N–H and O–H groups in total. The van der Waals surface area contributed by atoms with E-state index in [-0.39, 0.29) is 0 Å². The Hall–Kier alpha value is -1.02. The second-order valence-corrected chi connectivity index (χ2v) is 4.24. The fourth-order valence-electron chi connectivity index (χ4n) is 1.62.